The minimum Gasteiger partial charge on any atom is -0.372 e. The van der Waals surface area contributed by atoms with E-state index in [1.165, 1.54) is 24.0 Å². The molecule has 2 saturated heterocycles. The normalized spacial score (nSPS) is 23.5. The van der Waals surface area contributed by atoms with Crippen LogP contribution in [0.5, 0.6) is 0 Å². The molecule has 0 aliphatic carbocycles. The van der Waals surface area contributed by atoms with Crippen molar-refractivity contribution in [1.29, 1.82) is 0 Å². The summed E-state index contributed by atoms with van der Waals surface area (Å²) in [7, 11) is 0. The lowest BCUT2D eigenvalue weighted by Crippen LogP contribution is -2.39. The number of hydrogen-bond acceptors (Lipinski definition) is 5. The molecule has 26 heavy (non-hydrogen) atoms. The van der Waals surface area contributed by atoms with E-state index in [4.69, 9.17) is 4.74 Å². The van der Waals surface area contributed by atoms with Gasteiger partial charge in [0.25, 0.3) is 0 Å². The van der Waals surface area contributed by atoms with Crippen LogP contribution in [0.15, 0.2) is 30.7 Å². The van der Waals surface area contributed by atoms with E-state index in [1.807, 2.05) is 17.1 Å². The minimum absolute atomic E-state index is 0.0842. The lowest BCUT2D eigenvalue weighted by molar-refractivity contribution is -0.0112. The molecule has 140 valence electrons. The first-order chi connectivity index (χ1) is 12.8. The number of nitrogens with zero attached hydrogens (tertiary/aromatic N) is 4. The Kier molecular flexibility index (Phi) is 5.51. The van der Waals surface area contributed by atoms with E-state index in [2.05, 4.69) is 45.6 Å². The number of aryl methyl sites for hydroxylation is 1. The molecule has 0 bridgehead atoms. The average molecular weight is 355 g/mol. The van der Waals surface area contributed by atoms with Gasteiger partial charge in [0, 0.05) is 56.8 Å². The third kappa shape index (κ3) is 3.91. The monoisotopic (exact) mass is 355 g/mol. The molecule has 2 aliphatic rings. The molecule has 4 rings (SSSR count). The van der Waals surface area contributed by atoms with Gasteiger partial charge >= 0.3 is 0 Å². The molecular formula is C20H29N5O. The molecule has 6 heteroatoms. The van der Waals surface area contributed by atoms with Crippen molar-refractivity contribution in [3.63, 3.8) is 0 Å². The third-order valence-electron chi connectivity index (χ3n) is 5.44. The summed E-state index contributed by atoms with van der Waals surface area (Å²) in [5.41, 5.74) is 2.40. The molecule has 1 N–H and O–H groups in total. The minimum atomic E-state index is 0.0842. The van der Waals surface area contributed by atoms with Crippen LogP contribution in [0.3, 0.4) is 0 Å². The largest absolute Gasteiger partial charge is 0.372 e. The Morgan fingerprint density at radius 2 is 2.08 bits per heavy atom. The van der Waals surface area contributed by atoms with Gasteiger partial charge in [0.15, 0.2) is 0 Å². The molecule has 2 fully saturated rings. The molecule has 0 unspecified atom stereocenters. The maximum Gasteiger partial charge on any atom is 0.128 e. The van der Waals surface area contributed by atoms with Crippen molar-refractivity contribution in [2.75, 3.05) is 24.6 Å². The first kappa shape index (κ1) is 17.5. The Hall–Kier alpha value is -1.92. The molecule has 2 atom stereocenters. The van der Waals surface area contributed by atoms with Crippen molar-refractivity contribution in [1.82, 2.24) is 20.1 Å². The summed E-state index contributed by atoms with van der Waals surface area (Å²) in [4.78, 5) is 7.03. The van der Waals surface area contributed by atoms with Gasteiger partial charge in [-0.3, -0.25) is 4.68 Å². The van der Waals surface area contributed by atoms with E-state index in [0.717, 1.165) is 51.4 Å². The molecule has 2 aromatic rings. The first-order valence-electron chi connectivity index (χ1n) is 9.90. The number of ether oxygens (including phenoxy) is 1. The van der Waals surface area contributed by atoms with Crippen LogP contribution < -0.4 is 10.2 Å². The third-order valence-corrected chi connectivity index (χ3v) is 5.44. The van der Waals surface area contributed by atoms with Gasteiger partial charge in [0.05, 0.1) is 6.20 Å². The van der Waals surface area contributed by atoms with E-state index in [9.17, 15) is 0 Å². The van der Waals surface area contributed by atoms with Crippen LogP contribution in [0.25, 0.3) is 0 Å². The molecule has 0 saturated carbocycles. The zero-order chi connectivity index (χ0) is 17.8. The van der Waals surface area contributed by atoms with E-state index in [0.29, 0.717) is 6.04 Å². The molecule has 6 nitrogen and oxygen atoms in total. The van der Waals surface area contributed by atoms with Gasteiger partial charge in [-0.2, -0.15) is 5.10 Å². The molecule has 0 aromatic carbocycles. The zero-order valence-corrected chi connectivity index (χ0v) is 15.6. The van der Waals surface area contributed by atoms with Crippen LogP contribution in [0, 0.1) is 0 Å². The second kappa shape index (κ2) is 8.18. The SMILES string of the molecule is CCn1cc([C@H]2OCCC[C@@H]2NCc2ccc(N3CCCC3)nc2)cn1. The van der Waals surface area contributed by atoms with Crippen molar-refractivity contribution in [3.05, 3.63) is 41.9 Å². The molecule has 4 heterocycles. The van der Waals surface area contributed by atoms with Gasteiger partial charge < -0.3 is 15.0 Å². The van der Waals surface area contributed by atoms with Crippen LogP contribution in [-0.4, -0.2) is 40.5 Å². The zero-order valence-electron chi connectivity index (χ0n) is 15.6. The average Bonchev–Trinajstić information content (AvgIpc) is 3.39. The summed E-state index contributed by atoms with van der Waals surface area (Å²) < 4.78 is 8.04. The fraction of sp³-hybridized carbons (Fsp3) is 0.600. The quantitative estimate of drug-likeness (QED) is 0.863. The van der Waals surface area contributed by atoms with Crippen LogP contribution in [-0.2, 0) is 17.8 Å². The highest BCUT2D eigenvalue weighted by Gasteiger charge is 2.28. The van der Waals surface area contributed by atoms with E-state index in [1.54, 1.807) is 0 Å². The maximum atomic E-state index is 6.07. The van der Waals surface area contributed by atoms with Crippen molar-refractivity contribution >= 4 is 5.82 Å². The van der Waals surface area contributed by atoms with E-state index >= 15 is 0 Å². The first-order valence-corrected chi connectivity index (χ1v) is 9.90. The number of nitrogens with one attached hydrogen (secondary N) is 1. The predicted octanol–water partition coefficient (Wildman–Crippen LogP) is 2.91. The molecular weight excluding hydrogens is 326 g/mol. The molecule has 0 amide bonds. The number of anilines is 1. The number of rotatable bonds is 6. The predicted molar refractivity (Wildman–Crippen MR) is 102 cm³/mol. The van der Waals surface area contributed by atoms with Crippen molar-refractivity contribution in [3.8, 4) is 0 Å². The summed E-state index contributed by atoms with van der Waals surface area (Å²) in [6.45, 7) is 6.91. The molecule has 0 radical (unpaired) electrons. The van der Waals surface area contributed by atoms with Gasteiger partial charge in [0.1, 0.15) is 11.9 Å². The number of aromatic nitrogens is 3. The van der Waals surface area contributed by atoms with Gasteiger partial charge in [-0.1, -0.05) is 6.07 Å². The molecule has 2 aliphatic heterocycles. The number of hydrogen-bond donors (Lipinski definition) is 1. The van der Waals surface area contributed by atoms with Gasteiger partial charge in [-0.25, -0.2) is 4.98 Å². The smallest absolute Gasteiger partial charge is 0.128 e. The van der Waals surface area contributed by atoms with Crippen LogP contribution >= 0.6 is 0 Å². The summed E-state index contributed by atoms with van der Waals surface area (Å²) in [5, 5.41) is 8.09. The second-order valence-corrected chi connectivity index (χ2v) is 7.27. The van der Waals surface area contributed by atoms with Crippen LogP contribution in [0.2, 0.25) is 0 Å². The summed E-state index contributed by atoms with van der Waals surface area (Å²) in [5.74, 6) is 1.11. The topological polar surface area (TPSA) is 55.2 Å². The lowest BCUT2D eigenvalue weighted by atomic mass is 9.98. The van der Waals surface area contributed by atoms with Gasteiger partial charge in [-0.15, -0.1) is 0 Å². The van der Waals surface area contributed by atoms with Crippen LogP contribution in [0.1, 0.15) is 49.8 Å². The Labute approximate surface area is 155 Å². The fourth-order valence-corrected chi connectivity index (χ4v) is 3.92. The number of pyridine rings is 1. The highest BCUT2D eigenvalue weighted by Crippen LogP contribution is 2.28. The summed E-state index contributed by atoms with van der Waals surface area (Å²) >= 11 is 0. The van der Waals surface area contributed by atoms with Crippen LogP contribution in [0.4, 0.5) is 5.82 Å². The standard InChI is InChI=1S/C20H29N5O/c1-2-25-15-17(14-23-25)20-18(6-5-11-26-20)21-12-16-7-8-19(22-13-16)24-9-3-4-10-24/h7-8,13-15,18,20-21H,2-6,9-12H2,1H3/t18-,20+/m0/s1. The van der Waals surface area contributed by atoms with Gasteiger partial charge in [-0.05, 0) is 44.2 Å². The summed E-state index contributed by atoms with van der Waals surface area (Å²) in [6.07, 6.45) is 10.9. The van der Waals surface area contributed by atoms with E-state index in [-0.39, 0.29) is 6.10 Å². The van der Waals surface area contributed by atoms with Crippen molar-refractivity contribution < 1.29 is 4.74 Å². The van der Waals surface area contributed by atoms with Crippen molar-refractivity contribution in [2.45, 2.75) is 57.8 Å². The van der Waals surface area contributed by atoms with Gasteiger partial charge in [0.2, 0.25) is 0 Å². The Balaban J connectivity index is 1.37. The molecule has 0 spiro atoms. The highest BCUT2D eigenvalue weighted by molar-refractivity contribution is 5.40. The Morgan fingerprint density at radius 1 is 1.19 bits per heavy atom. The summed E-state index contributed by atoms with van der Waals surface area (Å²) in [6, 6.07) is 4.67. The second-order valence-electron chi connectivity index (χ2n) is 7.27. The fourth-order valence-electron chi connectivity index (χ4n) is 3.92. The Morgan fingerprint density at radius 3 is 2.81 bits per heavy atom. The lowest BCUT2D eigenvalue weighted by Gasteiger charge is -2.32. The van der Waals surface area contributed by atoms with E-state index < -0.39 is 0 Å². The Bertz CT molecular complexity index is 692. The highest BCUT2D eigenvalue weighted by atomic mass is 16.5. The molecule has 2 aromatic heterocycles. The van der Waals surface area contributed by atoms with Crippen molar-refractivity contribution in [2.24, 2.45) is 0 Å². The maximum absolute atomic E-state index is 6.07.